The lowest BCUT2D eigenvalue weighted by atomic mass is 10.1. The van der Waals surface area contributed by atoms with Crippen LogP contribution in [0.1, 0.15) is 45.0 Å². The average molecular weight is 448 g/mol. The van der Waals surface area contributed by atoms with E-state index in [9.17, 15) is 14.4 Å². The second-order valence-corrected chi connectivity index (χ2v) is 7.16. The number of methoxy groups -OCH3 is 2. The highest BCUT2D eigenvalue weighted by molar-refractivity contribution is 7.18. The smallest absolute Gasteiger partial charge is 0.348 e. The van der Waals surface area contributed by atoms with Crippen molar-refractivity contribution in [2.75, 3.05) is 32.8 Å². The maximum atomic E-state index is 12.5. The molecule has 31 heavy (non-hydrogen) atoms. The van der Waals surface area contributed by atoms with Crippen LogP contribution in [0.3, 0.4) is 0 Å². The first kappa shape index (κ1) is 23.9. The maximum absolute atomic E-state index is 12.5. The summed E-state index contributed by atoms with van der Waals surface area (Å²) in [6, 6.07) is 5.22. The Balaban J connectivity index is 2.28. The number of rotatable bonds is 9. The Hall–Kier alpha value is -3.33. The van der Waals surface area contributed by atoms with Crippen LogP contribution in [0.5, 0.6) is 11.5 Å². The van der Waals surface area contributed by atoms with Gasteiger partial charge in [-0.15, -0.1) is 11.3 Å². The summed E-state index contributed by atoms with van der Waals surface area (Å²) in [5.74, 6) is -0.550. The van der Waals surface area contributed by atoms with Crippen LogP contribution in [0, 0.1) is 6.92 Å². The predicted octanol–water partition coefficient (Wildman–Crippen LogP) is 4.08. The summed E-state index contributed by atoms with van der Waals surface area (Å²) in [6.45, 7) is 5.34. The number of esters is 2. The molecule has 0 unspecified atom stereocenters. The third-order valence-electron chi connectivity index (χ3n) is 4.16. The van der Waals surface area contributed by atoms with E-state index in [-0.39, 0.29) is 28.7 Å². The molecule has 1 N–H and O–H groups in total. The van der Waals surface area contributed by atoms with E-state index < -0.39 is 17.8 Å². The van der Waals surface area contributed by atoms with E-state index in [1.165, 1.54) is 20.3 Å². The number of carbonyl (C=O) groups is 3. The van der Waals surface area contributed by atoms with E-state index in [1.54, 1.807) is 45.0 Å². The number of thiophene rings is 1. The van der Waals surface area contributed by atoms with Gasteiger partial charge in [-0.05, 0) is 50.1 Å². The summed E-state index contributed by atoms with van der Waals surface area (Å²) in [7, 11) is 3.06. The highest BCUT2D eigenvalue weighted by atomic mass is 32.1. The fourth-order valence-corrected chi connectivity index (χ4v) is 3.82. The Morgan fingerprint density at radius 1 is 1.00 bits per heavy atom. The zero-order chi connectivity index (χ0) is 23.0. The van der Waals surface area contributed by atoms with Crippen molar-refractivity contribution in [3.63, 3.8) is 0 Å². The topological polar surface area (TPSA) is 100 Å². The normalized spacial score (nSPS) is 10.6. The van der Waals surface area contributed by atoms with Gasteiger partial charge < -0.3 is 24.3 Å². The number of hydrogen-bond donors (Lipinski definition) is 1. The first-order chi connectivity index (χ1) is 14.9. The van der Waals surface area contributed by atoms with Crippen LogP contribution in [0.4, 0.5) is 5.00 Å². The number of carbonyl (C=O) groups excluding carboxylic acids is 3. The van der Waals surface area contributed by atoms with Gasteiger partial charge in [-0.3, -0.25) is 4.79 Å². The van der Waals surface area contributed by atoms with Crippen LogP contribution in [0.2, 0.25) is 0 Å². The van der Waals surface area contributed by atoms with Crippen molar-refractivity contribution in [3.8, 4) is 11.5 Å². The van der Waals surface area contributed by atoms with Crippen molar-refractivity contribution in [3.05, 3.63) is 45.8 Å². The Morgan fingerprint density at radius 3 is 2.26 bits per heavy atom. The molecule has 0 aliphatic rings. The van der Waals surface area contributed by atoms with E-state index >= 15 is 0 Å². The Morgan fingerprint density at radius 2 is 1.65 bits per heavy atom. The molecule has 1 aromatic heterocycles. The zero-order valence-corrected chi connectivity index (χ0v) is 18.9. The highest BCUT2D eigenvalue weighted by Crippen LogP contribution is 2.34. The van der Waals surface area contributed by atoms with E-state index in [2.05, 4.69) is 5.32 Å². The maximum Gasteiger partial charge on any atom is 0.348 e. The fraction of sp³-hybridized carbons (Fsp3) is 0.318. The molecule has 1 amide bonds. The van der Waals surface area contributed by atoms with Crippen LogP contribution >= 0.6 is 11.3 Å². The van der Waals surface area contributed by atoms with Crippen LogP contribution in [0.25, 0.3) is 6.08 Å². The molecule has 0 aliphatic heterocycles. The number of ether oxygens (including phenoxy) is 4. The third kappa shape index (κ3) is 5.85. The van der Waals surface area contributed by atoms with Crippen molar-refractivity contribution in [2.24, 2.45) is 0 Å². The lowest BCUT2D eigenvalue weighted by Gasteiger charge is -2.07. The van der Waals surface area contributed by atoms with Gasteiger partial charge in [0.05, 0.1) is 33.0 Å². The quantitative estimate of drug-likeness (QED) is 0.457. The van der Waals surface area contributed by atoms with Gasteiger partial charge >= 0.3 is 11.9 Å². The Bertz CT molecular complexity index is 994. The number of benzene rings is 1. The predicted molar refractivity (Wildman–Crippen MR) is 118 cm³/mol. The van der Waals surface area contributed by atoms with Crippen molar-refractivity contribution >= 4 is 40.3 Å². The highest BCUT2D eigenvalue weighted by Gasteiger charge is 2.27. The zero-order valence-electron chi connectivity index (χ0n) is 18.1. The molecule has 0 fully saturated rings. The molecule has 0 bridgehead atoms. The number of nitrogens with one attached hydrogen (secondary N) is 1. The van der Waals surface area contributed by atoms with Gasteiger partial charge in [0.1, 0.15) is 9.88 Å². The molecule has 0 saturated carbocycles. The van der Waals surface area contributed by atoms with Crippen molar-refractivity contribution in [1.82, 2.24) is 0 Å². The van der Waals surface area contributed by atoms with E-state index in [0.29, 0.717) is 22.6 Å². The van der Waals surface area contributed by atoms with Gasteiger partial charge in [-0.1, -0.05) is 6.07 Å². The van der Waals surface area contributed by atoms with Crippen molar-refractivity contribution < 1.29 is 33.3 Å². The minimum absolute atomic E-state index is 0.141. The van der Waals surface area contributed by atoms with Gasteiger partial charge in [0.15, 0.2) is 11.5 Å². The standard InChI is InChI=1S/C22H25NO7S/c1-6-29-21(25)18-13(3)19(22(26)30-7-2)31-20(18)23-17(24)11-9-14-8-10-15(27-4)16(12-14)28-5/h8-12H,6-7H2,1-5H3,(H,23,24)/b11-9-. The van der Waals surface area contributed by atoms with Crippen LogP contribution in [-0.2, 0) is 14.3 Å². The first-order valence-corrected chi connectivity index (χ1v) is 10.4. The molecule has 9 heteroatoms. The molecular formula is C22H25NO7S. The first-order valence-electron chi connectivity index (χ1n) is 9.54. The second kappa shape index (κ2) is 11.2. The molecular weight excluding hydrogens is 422 g/mol. The molecule has 8 nitrogen and oxygen atoms in total. The van der Waals surface area contributed by atoms with Crippen LogP contribution in [-0.4, -0.2) is 45.3 Å². The molecule has 0 radical (unpaired) electrons. The molecule has 2 aromatic rings. The monoisotopic (exact) mass is 447 g/mol. The molecule has 1 heterocycles. The van der Waals surface area contributed by atoms with Gasteiger partial charge in [0, 0.05) is 6.08 Å². The minimum Gasteiger partial charge on any atom is -0.493 e. The third-order valence-corrected chi connectivity index (χ3v) is 5.35. The molecule has 1 aromatic carbocycles. The van der Waals surface area contributed by atoms with E-state index in [4.69, 9.17) is 18.9 Å². The summed E-state index contributed by atoms with van der Waals surface area (Å²) < 4.78 is 20.6. The SMILES string of the molecule is CCOC(=O)c1sc(NC(=O)/C=C\c2ccc(OC)c(OC)c2)c(C(=O)OCC)c1C. The number of amides is 1. The molecule has 0 atom stereocenters. The van der Waals surface area contributed by atoms with E-state index in [0.717, 1.165) is 11.3 Å². The molecule has 2 rings (SSSR count). The lowest BCUT2D eigenvalue weighted by molar-refractivity contribution is -0.111. The lowest BCUT2D eigenvalue weighted by Crippen LogP contribution is -2.13. The summed E-state index contributed by atoms with van der Waals surface area (Å²) in [5, 5.41) is 2.88. The number of anilines is 1. The number of hydrogen-bond acceptors (Lipinski definition) is 8. The van der Waals surface area contributed by atoms with Gasteiger partial charge in [-0.25, -0.2) is 9.59 Å². The van der Waals surface area contributed by atoms with E-state index in [1.807, 2.05) is 0 Å². The summed E-state index contributed by atoms with van der Waals surface area (Å²) in [4.78, 5) is 37.4. The Labute approximate surface area is 184 Å². The molecule has 166 valence electrons. The minimum atomic E-state index is -0.619. The molecule has 0 aliphatic carbocycles. The molecule has 0 spiro atoms. The van der Waals surface area contributed by atoms with Gasteiger partial charge in [-0.2, -0.15) is 0 Å². The second-order valence-electron chi connectivity index (χ2n) is 6.14. The fourth-order valence-electron chi connectivity index (χ4n) is 2.72. The van der Waals surface area contributed by atoms with Crippen molar-refractivity contribution in [1.29, 1.82) is 0 Å². The summed E-state index contributed by atoms with van der Waals surface area (Å²) in [6.07, 6.45) is 2.91. The largest absolute Gasteiger partial charge is 0.493 e. The van der Waals surface area contributed by atoms with Crippen molar-refractivity contribution in [2.45, 2.75) is 20.8 Å². The summed E-state index contributed by atoms with van der Waals surface area (Å²) in [5.41, 5.74) is 1.26. The average Bonchev–Trinajstić information content (AvgIpc) is 3.08. The molecule has 0 saturated heterocycles. The summed E-state index contributed by atoms with van der Waals surface area (Å²) >= 11 is 0.972. The van der Waals surface area contributed by atoms with Gasteiger partial charge in [0.2, 0.25) is 5.91 Å². The van der Waals surface area contributed by atoms with Crippen LogP contribution < -0.4 is 14.8 Å². The Kier molecular flexibility index (Phi) is 8.63. The van der Waals surface area contributed by atoms with Gasteiger partial charge in [0.25, 0.3) is 0 Å². The van der Waals surface area contributed by atoms with Crippen LogP contribution in [0.15, 0.2) is 24.3 Å².